The molecule has 3 rings (SSSR count). The standard InChI is InChI=1S/C12H9BrN4O/c13-10-4-1-5-11-15-16-12(17(10)11)8-18-9-3-2-6-14-7-9/h1-7H,8H2. The first-order chi connectivity index (χ1) is 8.84. The summed E-state index contributed by atoms with van der Waals surface area (Å²) in [5.41, 5.74) is 0.786. The SMILES string of the molecule is Brc1cccc2nnc(COc3cccnc3)n12. The van der Waals surface area contributed by atoms with Gasteiger partial charge in [-0.15, -0.1) is 10.2 Å². The van der Waals surface area contributed by atoms with Crippen LogP contribution in [-0.2, 0) is 6.61 Å². The lowest BCUT2D eigenvalue weighted by Gasteiger charge is -2.05. The average Bonchev–Trinajstić information content (AvgIpc) is 2.82. The van der Waals surface area contributed by atoms with E-state index in [4.69, 9.17) is 4.74 Å². The molecule has 0 aromatic carbocycles. The average molecular weight is 305 g/mol. The molecule has 0 bridgehead atoms. The normalized spacial score (nSPS) is 10.7. The van der Waals surface area contributed by atoms with Crippen LogP contribution in [0, 0.1) is 0 Å². The Hall–Kier alpha value is -1.95. The first-order valence-corrected chi connectivity index (χ1v) is 6.15. The van der Waals surface area contributed by atoms with Gasteiger partial charge in [0, 0.05) is 6.20 Å². The lowest BCUT2D eigenvalue weighted by molar-refractivity contribution is 0.293. The maximum Gasteiger partial charge on any atom is 0.176 e. The quantitative estimate of drug-likeness (QED) is 0.698. The van der Waals surface area contributed by atoms with Crippen molar-refractivity contribution in [2.75, 3.05) is 0 Å². The van der Waals surface area contributed by atoms with E-state index in [1.165, 1.54) is 0 Å². The molecule has 0 aliphatic heterocycles. The van der Waals surface area contributed by atoms with Crippen LogP contribution >= 0.6 is 15.9 Å². The minimum atomic E-state index is 0.343. The first-order valence-electron chi connectivity index (χ1n) is 5.36. The van der Waals surface area contributed by atoms with Gasteiger partial charge in [-0.1, -0.05) is 6.07 Å². The molecular weight excluding hydrogens is 296 g/mol. The Morgan fingerprint density at radius 3 is 2.94 bits per heavy atom. The Labute approximate surface area is 112 Å². The second-order valence-electron chi connectivity index (χ2n) is 3.64. The molecule has 6 heteroatoms. The number of pyridine rings is 2. The molecule has 0 unspecified atom stereocenters. The molecule has 3 heterocycles. The van der Waals surface area contributed by atoms with Crippen LogP contribution in [0.4, 0.5) is 0 Å². The van der Waals surface area contributed by atoms with Gasteiger partial charge in [0.25, 0.3) is 0 Å². The van der Waals surface area contributed by atoms with Gasteiger partial charge >= 0.3 is 0 Å². The zero-order valence-corrected chi connectivity index (χ0v) is 10.9. The molecule has 0 spiro atoms. The summed E-state index contributed by atoms with van der Waals surface area (Å²) in [5, 5.41) is 8.19. The van der Waals surface area contributed by atoms with Gasteiger partial charge in [0.1, 0.15) is 12.4 Å². The molecule has 90 valence electrons. The van der Waals surface area contributed by atoms with Crippen molar-refractivity contribution < 1.29 is 4.74 Å². The van der Waals surface area contributed by atoms with Crippen LogP contribution in [0.2, 0.25) is 0 Å². The molecular formula is C12H9BrN4O. The highest BCUT2D eigenvalue weighted by atomic mass is 79.9. The Morgan fingerprint density at radius 2 is 2.11 bits per heavy atom. The topological polar surface area (TPSA) is 52.3 Å². The second kappa shape index (κ2) is 4.73. The summed E-state index contributed by atoms with van der Waals surface area (Å²) in [6.07, 6.45) is 3.37. The molecule has 0 aliphatic rings. The van der Waals surface area contributed by atoms with Crippen molar-refractivity contribution in [1.29, 1.82) is 0 Å². The van der Waals surface area contributed by atoms with E-state index in [9.17, 15) is 0 Å². The number of nitrogens with zero attached hydrogens (tertiary/aromatic N) is 4. The fourth-order valence-electron chi connectivity index (χ4n) is 1.63. The minimum Gasteiger partial charge on any atom is -0.484 e. The smallest absolute Gasteiger partial charge is 0.176 e. The van der Waals surface area contributed by atoms with Crippen LogP contribution in [0.3, 0.4) is 0 Å². The van der Waals surface area contributed by atoms with Crippen LogP contribution in [0.15, 0.2) is 47.3 Å². The summed E-state index contributed by atoms with van der Waals surface area (Å²) >= 11 is 3.47. The zero-order chi connectivity index (χ0) is 12.4. The maximum atomic E-state index is 5.61. The Balaban J connectivity index is 1.87. The van der Waals surface area contributed by atoms with E-state index < -0.39 is 0 Å². The van der Waals surface area contributed by atoms with Crippen LogP contribution in [0.1, 0.15) is 5.82 Å². The van der Waals surface area contributed by atoms with Crippen LogP contribution in [0.5, 0.6) is 5.75 Å². The van der Waals surface area contributed by atoms with Gasteiger partial charge in [0.05, 0.1) is 10.8 Å². The number of halogens is 1. The summed E-state index contributed by atoms with van der Waals surface area (Å²) < 4.78 is 8.40. The summed E-state index contributed by atoms with van der Waals surface area (Å²) in [4.78, 5) is 3.99. The van der Waals surface area contributed by atoms with Gasteiger partial charge in [-0.25, -0.2) is 0 Å². The Kier molecular flexibility index (Phi) is 2.93. The highest BCUT2D eigenvalue weighted by Gasteiger charge is 2.08. The molecule has 5 nitrogen and oxygen atoms in total. The molecule has 0 saturated heterocycles. The third kappa shape index (κ3) is 2.06. The molecule has 0 amide bonds. The van der Waals surface area contributed by atoms with Gasteiger partial charge in [0.15, 0.2) is 11.5 Å². The van der Waals surface area contributed by atoms with E-state index in [0.717, 1.165) is 16.1 Å². The number of aromatic nitrogens is 4. The van der Waals surface area contributed by atoms with Crippen molar-refractivity contribution in [2.45, 2.75) is 6.61 Å². The minimum absolute atomic E-state index is 0.343. The predicted octanol–water partition coefficient (Wildman–Crippen LogP) is 2.47. The predicted molar refractivity (Wildman–Crippen MR) is 69.3 cm³/mol. The Bertz CT molecular complexity index is 668. The van der Waals surface area contributed by atoms with Crippen molar-refractivity contribution in [3.8, 4) is 5.75 Å². The van der Waals surface area contributed by atoms with Crippen molar-refractivity contribution in [2.24, 2.45) is 0 Å². The largest absolute Gasteiger partial charge is 0.484 e. The number of hydrogen-bond donors (Lipinski definition) is 0. The fraction of sp³-hybridized carbons (Fsp3) is 0.0833. The second-order valence-corrected chi connectivity index (χ2v) is 4.45. The van der Waals surface area contributed by atoms with Gasteiger partial charge in [-0.2, -0.15) is 0 Å². The third-order valence-electron chi connectivity index (χ3n) is 2.45. The monoisotopic (exact) mass is 304 g/mol. The maximum absolute atomic E-state index is 5.61. The summed E-state index contributed by atoms with van der Waals surface area (Å²) in [7, 11) is 0. The van der Waals surface area contributed by atoms with E-state index in [-0.39, 0.29) is 0 Å². The number of ether oxygens (including phenoxy) is 1. The van der Waals surface area contributed by atoms with Crippen LogP contribution in [-0.4, -0.2) is 19.6 Å². The van der Waals surface area contributed by atoms with Crippen molar-refractivity contribution in [1.82, 2.24) is 19.6 Å². The summed E-state index contributed by atoms with van der Waals surface area (Å²) in [6.45, 7) is 0.343. The fourth-order valence-corrected chi connectivity index (χ4v) is 2.17. The number of rotatable bonds is 3. The number of hydrogen-bond acceptors (Lipinski definition) is 4. The van der Waals surface area contributed by atoms with E-state index in [2.05, 4.69) is 31.1 Å². The number of fused-ring (bicyclic) bond motifs is 1. The van der Waals surface area contributed by atoms with Crippen molar-refractivity contribution in [3.05, 3.63) is 53.2 Å². The molecule has 0 fully saturated rings. The van der Waals surface area contributed by atoms with Gasteiger partial charge < -0.3 is 4.74 Å². The molecule has 3 aromatic heterocycles. The molecule has 0 aliphatic carbocycles. The molecule has 18 heavy (non-hydrogen) atoms. The van der Waals surface area contributed by atoms with Crippen LogP contribution < -0.4 is 4.74 Å². The van der Waals surface area contributed by atoms with E-state index in [1.54, 1.807) is 12.4 Å². The molecule has 0 saturated carbocycles. The zero-order valence-electron chi connectivity index (χ0n) is 9.32. The summed E-state index contributed by atoms with van der Waals surface area (Å²) in [5.74, 6) is 1.45. The van der Waals surface area contributed by atoms with Crippen LogP contribution in [0.25, 0.3) is 5.65 Å². The van der Waals surface area contributed by atoms with Gasteiger partial charge in [0.2, 0.25) is 0 Å². The third-order valence-corrected chi connectivity index (χ3v) is 3.07. The molecule has 3 aromatic rings. The highest BCUT2D eigenvalue weighted by Crippen LogP contribution is 2.15. The van der Waals surface area contributed by atoms with E-state index >= 15 is 0 Å². The van der Waals surface area contributed by atoms with Crippen molar-refractivity contribution >= 4 is 21.6 Å². The molecule has 0 radical (unpaired) electrons. The first kappa shape index (κ1) is 11.2. The molecule has 0 atom stereocenters. The lowest BCUT2D eigenvalue weighted by Crippen LogP contribution is -2.02. The van der Waals surface area contributed by atoms with Crippen molar-refractivity contribution in [3.63, 3.8) is 0 Å². The van der Waals surface area contributed by atoms with Gasteiger partial charge in [-0.05, 0) is 40.2 Å². The lowest BCUT2D eigenvalue weighted by atomic mass is 10.4. The van der Waals surface area contributed by atoms with Gasteiger partial charge in [-0.3, -0.25) is 9.38 Å². The molecule has 0 N–H and O–H groups in total. The highest BCUT2D eigenvalue weighted by molar-refractivity contribution is 9.10. The summed E-state index contributed by atoms with van der Waals surface area (Å²) in [6, 6.07) is 9.42. The Morgan fingerprint density at radius 1 is 1.17 bits per heavy atom. The van der Waals surface area contributed by atoms with E-state index in [1.807, 2.05) is 34.7 Å². The van der Waals surface area contributed by atoms with E-state index in [0.29, 0.717) is 12.4 Å².